The smallest absolute Gasteiger partial charge is 0.177 e. The molecule has 2 aromatic rings. The zero-order chi connectivity index (χ0) is 12.3. The molecule has 0 atom stereocenters. The number of nitrogens with zero attached hydrogens (tertiary/aromatic N) is 1. The van der Waals surface area contributed by atoms with Crippen molar-refractivity contribution < 1.29 is 4.39 Å². The van der Waals surface area contributed by atoms with Gasteiger partial charge in [-0.15, -0.1) is 0 Å². The van der Waals surface area contributed by atoms with Crippen LogP contribution < -0.4 is 0 Å². The predicted molar refractivity (Wildman–Crippen MR) is 69.1 cm³/mol. The van der Waals surface area contributed by atoms with Gasteiger partial charge in [-0.1, -0.05) is 19.1 Å². The molecule has 1 heterocycles. The minimum atomic E-state index is -0.184. The first-order valence-corrected chi connectivity index (χ1v) is 6.13. The van der Waals surface area contributed by atoms with Crippen molar-refractivity contribution in [1.29, 1.82) is 0 Å². The summed E-state index contributed by atoms with van der Waals surface area (Å²) in [5.74, 6) is -0.184. The van der Waals surface area contributed by atoms with Gasteiger partial charge in [-0.3, -0.25) is 0 Å². The summed E-state index contributed by atoms with van der Waals surface area (Å²) in [7, 11) is 0. The lowest BCUT2D eigenvalue weighted by atomic mass is 10.1. The Morgan fingerprint density at radius 2 is 2.24 bits per heavy atom. The number of rotatable bonds is 4. The van der Waals surface area contributed by atoms with Crippen LogP contribution in [0.15, 0.2) is 30.5 Å². The van der Waals surface area contributed by atoms with E-state index < -0.39 is 0 Å². The average Bonchev–Trinajstić information content (AvgIpc) is 2.67. The second-order valence-electron chi connectivity index (χ2n) is 3.97. The summed E-state index contributed by atoms with van der Waals surface area (Å²) in [6.07, 6.45) is 3.67. The van der Waals surface area contributed by atoms with Crippen LogP contribution in [0.25, 0.3) is 0 Å². The number of aromatic amines is 1. The number of aromatic nitrogens is 2. The maximum atomic E-state index is 13.0. The number of hydrogen-bond donors (Lipinski definition) is 1. The third kappa shape index (κ3) is 2.82. The fourth-order valence-corrected chi connectivity index (χ4v) is 2.17. The van der Waals surface area contributed by atoms with E-state index in [4.69, 9.17) is 12.2 Å². The fourth-order valence-electron chi connectivity index (χ4n) is 1.90. The van der Waals surface area contributed by atoms with Gasteiger partial charge in [0, 0.05) is 18.4 Å². The summed E-state index contributed by atoms with van der Waals surface area (Å²) in [5, 5.41) is 0. The summed E-state index contributed by atoms with van der Waals surface area (Å²) in [5.41, 5.74) is 2.18. The van der Waals surface area contributed by atoms with Gasteiger partial charge in [-0.2, -0.15) is 0 Å². The summed E-state index contributed by atoms with van der Waals surface area (Å²) >= 11 is 5.21. The molecule has 0 amide bonds. The molecule has 1 aromatic carbocycles. The first-order valence-electron chi connectivity index (χ1n) is 5.72. The SMILES string of the molecule is CCc1c[nH]c(=S)n1CCc1cccc(F)c1. The van der Waals surface area contributed by atoms with E-state index in [9.17, 15) is 4.39 Å². The first kappa shape index (κ1) is 12.0. The van der Waals surface area contributed by atoms with Crippen LogP contribution in [0.1, 0.15) is 18.2 Å². The highest BCUT2D eigenvalue weighted by Gasteiger charge is 2.02. The lowest BCUT2D eigenvalue weighted by molar-refractivity contribution is 0.618. The molecule has 0 aliphatic carbocycles. The number of hydrogen-bond acceptors (Lipinski definition) is 1. The molecule has 0 aliphatic heterocycles. The molecule has 0 radical (unpaired) electrons. The average molecular weight is 250 g/mol. The maximum Gasteiger partial charge on any atom is 0.177 e. The number of H-pyrrole nitrogens is 1. The van der Waals surface area contributed by atoms with E-state index in [0.29, 0.717) is 0 Å². The van der Waals surface area contributed by atoms with Crippen LogP contribution in [0.2, 0.25) is 0 Å². The maximum absolute atomic E-state index is 13.0. The van der Waals surface area contributed by atoms with E-state index in [1.54, 1.807) is 12.1 Å². The third-order valence-electron chi connectivity index (χ3n) is 2.83. The fraction of sp³-hybridized carbons (Fsp3) is 0.308. The molecule has 2 rings (SSSR count). The Labute approximate surface area is 105 Å². The zero-order valence-corrected chi connectivity index (χ0v) is 10.6. The Bertz CT molecular complexity index is 557. The zero-order valence-electron chi connectivity index (χ0n) is 9.74. The Hall–Kier alpha value is -1.42. The number of nitrogens with one attached hydrogen (secondary N) is 1. The van der Waals surface area contributed by atoms with Crippen molar-refractivity contribution in [2.75, 3.05) is 0 Å². The van der Waals surface area contributed by atoms with Crippen molar-refractivity contribution >= 4 is 12.2 Å². The Morgan fingerprint density at radius 1 is 1.41 bits per heavy atom. The molecule has 0 saturated carbocycles. The molecular formula is C13H15FN2S. The molecule has 0 aliphatic rings. The normalized spacial score (nSPS) is 10.7. The lowest BCUT2D eigenvalue weighted by Crippen LogP contribution is -2.05. The third-order valence-corrected chi connectivity index (χ3v) is 3.17. The largest absolute Gasteiger partial charge is 0.337 e. The van der Waals surface area contributed by atoms with E-state index in [1.165, 1.54) is 11.8 Å². The predicted octanol–water partition coefficient (Wildman–Crippen LogP) is 3.49. The summed E-state index contributed by atoms with van der Waals surface area (Å²) < 4.78 is 15.8. The highest BCUT2D eigenvalue weighted by atomic mass is 32.1. The second kappa shape index (κ2) is 5.27. The molecule has 0 spiro atoms. The van der Waals surface area contributed by atoms with Crippen LogP contribution >= 0.6 is 12.2 Å². The van der Waals surface area contributed by atoms with Crippen LogP contribution in [0.5, 0.6) is 0 Å². The van der Waals surface area contributed by atoms with E-state index >= 15 is 0 Å². The Morgan fingerprint density at radius 3 is 2.94 bits per heavy atom. The van der Waals surface area contributed by atoms with Crippen molar-refractivity contribution in [1.82, 2.24) is 9.55 Å². The highest BCUT2D eigenvalue weighted by molar-refractivity contribution is 7.71. The van der Waals surface area contributed by atoms with E-state index in [0.717, 1.165) is 29.7 Å². The summed E-state index contributed by atoms with van der Waals surface area (Å²) in [6, 6.07) is 6.71. The highest BCUT2D eigenvalue weighted by Crippen LogP contribution is 2.08. The molecule has 17 heavy (non-hydrogen) atoms. The van der Waals surface area contributed by atoms with Crippen molar-refractivity contribution in [2.24, 2.45) is 0 Å². The number of imidazole rings is 1. The summed E-state index contributed by atoms with van der Waals surface area (Å²) in [4.78, 5) is 3.04. The summed E-state index contributed by atoms with van der Waals surface area (Å²) in [6.45, 7) is 2.88. The van der Waals surface area contributed by atoms with Crippen molar-refractivity contribution in [3.05, 3.63) is 52.3 Å². The molecule has 1 N–H and O–H groups in total. The van der Waals surface area contributed by atoms with Gasteiger partial charge in [0.05, 0.1) is 0 Å². The minimum absolute atomic E-state index is 0.184. The van der Waals surface area contributed by atoms with Crippen LogP contribution in [-0.4, -0.2) is 9.55 Å². The topological polar surface area (TPSA) is 20.7 Å². The minimum Gasteiger partial charge on any atom is -0.337 e. The standard InChI is InChI=1S/C13H15FN2S/c1-2-12-9-15-13(17)16(12)7-6-10-4-3-5-11(14)8-10/h3-5,8-9H,2,6-7H2,1H3,(H,15,17). The van der Waals surface area contributed by atoms with E-state index in [2.05, 4.69) is 16.5 Å². The van der Waals surface area contributed by atoms with Gasteiger partial charge in [0.15, 0.2) is 4.77 Å². The van der Waals surface area contributed by atoms with Crippen LogP contribution in [0.4, 0.5) is 4.39 Å². The van der Waals surface area contributed by atoms with Gasteiger partial charge >= 0.3 is 0 Å². The molecule has 90 valence electrons. The van der Waals surface area contributed by atoms with Crippen molar-refractivity contribution in [2.45, 2.75) is 26.3 Å². The van der Waals surface area contributed by atoms with Crippen molar-refractivity contribution in [3.63, 3.8) is 0 Å². The van der Waals surface area contributed by atoms with Gasteiger partial charge in [0.2, 0.25) is 0 Å². The van der Waals surface area contributed by atoms with Gasteiger partial charge in [-0.25, -0.2) is 4.39 Å². The molecule has 0 saturated heterocycles. The lowest BCUT2D eigenvalue weighted by Gasteiger charge is -2.07. The van der Waals surface area contributed by atoms with Crippen LogP contribution in [0, 0.1) is 10.6 Å². The van der Waals surface area contributed by atoms with Crippen molar-refractivity contribution in [3.8, 4) is 0 Å². The van der Waals surface area contributed by atoms with E-state index in [1.807, 2.05) is 12.3 Å². The molecule has 0 fully saturated rings. The molecule has 0 unspecified atom stereocenters. The molecule has 0 bridgehead atoms. The van der Waals surface area contributed by atoms with Gasteiger partial charge in [-0.05, 0) is 42.8 Å². The number of benzene rings is 1. The second-order valence-corrected chi connectivity index (χ2v) is 4.36. The van der Waals surface area contributed by atoms with Gasteiger partial charge in [0.1, 0.15) is 5.82 Å². The first-order chi connectivity index (χ1) is 8.20. The quantitative estimate of drug-likeness (QED) is 0.824. The van der Waals surface area contributed by atoms with Crippen LogP contribution in [0.3, 0.4) is 0 Å². The molecular weight excluding hydrogens is 235 g/mol. The van der Waals surface area contributed by atoms with Crippen LogP contribution in [-0.2, 0) is 19.4 Å². The number of aryl methyl sites for hydroxylation is 2. The monoisotopic (exact) mass is 250 g/mol. The van der Waals surface area contributed by atoms with Gasteiger partial charge in [0.25, 0.3) is 0 Å². The number of halogens is 1. The van der Waals surface area contributed by atoms with E-state index in [-0.39, 0.29) is 5.82 Å². The van der Waals surface area contributed by atoms with Gasteiger partial charge < -0.3 is 9.55 Å². The molecule has 1 aromatic heterocycles. The Balaban J connectivity index is 2.12. The molecule has 2 nitrogen and oxygen atoms in total. The molecule has 4 heteroatoms. The Kier molecular flexibility index (Phi) is 3.74.